The third-order valence-corrected chi connectivity index (χ3v) is 2.93. The summed E-state index contributed by atoms with van der Waals surface area (Å²) in [6.07, 6.45) is 0. The molecule has 1 atom stereocenters. The molecule has 1 aromatic carbocycles. The Bertz CT molecular complexity index is 427. The Morgan fingerprint density at radius 3 is 2.59 bits per heavy atom. The summed E-state index contributed by atoms with van der Waals surface area (Å²) in [5, 5.41) is 12.2. The summed E-state index contributed by atoms with van der Waals surface area (Å²) in [6.45, 7) is 5.66. The minimum atomic E-state index is -0.638. The van der Waals surface area contributed by atoms with Gasteiger partial charge in [-0.2, -0.15) is 0 Å². The number of rotatable bonds is 2. The van der Waals surface area contributed by atoms with Crippen LogP contribution < -0.4 is 11.1 Å². The van der Waals surface area contributed by atoms with Gasteiger partial charge in [-0.1, -0.05) is 36.7 Å². The van der Waals surface area contributed by atoms with E-state index in [9.17, 15) is 9.90 Å². The molecule has 0 aliphatic carbocycles. The van der Waals surface area contributed by atoms with Crippen molar-refractivity contribution in [2.75, 3.05) is 5.32 Å². The Balaban J connectivity index is 2.85. The number of nitrogens with one attached hydrogen (secondary N) is 1. The SMILES string of the molecule is CC(C)(C)[C@H](N)C(=O)Nc1cc(Br)ccc1O. The van der Waals surface area contributed by atoms with E-state index in [2.05, 4.69) is 21.2 Å². The van der Waals surface area contributed by atoms with Crippen LogP contribution >= 0.6 is 15.9 Å². The van der Waals surface area contributed by atoms with E-state index in [0.717, 1.165) is 4.47 Å². The zero-order chi connectivity index (χ0) is 13.2. The van der Waals surface area contributed by atoms with Crippen molar-refractivity contribution in [1.29, 1.82) is 0 Å². The molecule has 1 aromatic rings. The number of halogens is 1. The van der Waals surface area contributed by atoms with E-state index in [0.29, 0.717) is 5.69 Å². The van der Waals surface area contributed by atoms with Gasteiger partial charge in [0.1, 0.15) is 5.75 Å². The molecule has 0 unspecified atom stereocenters. The largest absolute Gasteiger partial charge is 0.506 e. The number of anilines is 1. The Morgan fingerprint density at radius 1 is 1.47 bits per heavy atom. The maximum Gasteiger partial charge on any atom is 0.241 e. The van der Waals surface area contributed by atoms with Crippen molar-refractivity contribution in [2.24, 2.45) is 11.1 Å². The van der Waals surface area contributed by atoms with Crippen molar-refractivity contribution < 1.29 is 9.90 Å². The maximum absolute atomic E-state index is 11.9. The van der Waals surface area contributed by atoms with Gasteiger partial charge in [0.25, 0.3) is 0 Å². The van der Waals surface area contributed by atoms with E-state index < -0.39 is 6.04 Å². The van der Waals surface area contributed by atoms with Gasteiger partial charge in [-0.05, 0) is 23.6 Å². The molecule has 0 radical (unpaired) electrons. The predicted molar refractivity (Wildman–Crippen MR) is 71.9 cm³/mol. The second-order valence-corrected chi connectivity index (χ2v) is 5.91. The molecule has 1 amide bonds. The van der Waals surface area contributed by atoms with Crippen molar-refractivity contribution in [3.63, 3.8) is 0 Å². The molecular weight excluding hydrogens is 284 g/mol. The first-order chi connectivity index (χ1) is 7.71. The van der Waals surface area contributed by atoms with Crippen molar-refractivity contribution in [1.82, 2.24) is 0 Å². The first kappa shape index (κ1) is 14.0. The van der Waals surface area contributed by atoms with Crippen molar-refractivity contribution in [2.45, 2.75) is 26.8 Å². The Morgan fingerprint density at radius 2 is 2.06 bits per heavy atom. The molecule has 0 saturated heterocycles. The van der Waals surface area contributed by atoms with E-state index >= 15 is 0 Å². The van der Waals surface area contributed by atoms with Crippen LogP contribution in [0.3, 0.4) is 0 Å². The monoisotopic (exact) mass is 300 g/mol. The van der Waals surface area contributed by atoms with Gasteiger partial charge >= 0.3 is 0 Å². The second kappa shape index (κ2) is 5.06. The summed E-state index contributed by atoms with van der Waals surface area (Å²) in [6, 6.07) is 4.18. The highest BCUT2D eigenvalue weighted by Crippen LogP contribution is 2.27. The molecule has 1 rings (SSSR count). The highest BCUT2D eigenvalue weighted by atomic mass is 79.9. The first-order valence-electron chi connectivity index (χ1n) is 5.27. The standard InChI is InChI=1S/C12H17BrN2O2/c1-12(2,3)10(14)11(17)15-8-6-7(13)4-5-9(8)16/h4-6,10,16H,14H2,1-3H3,(H,15,17)/t10-/m1/s1. The lowest BCUT2D eigenvalue weighted by atomic mass is 9.87. The number of phenols is 1. The van der Waals surface area contributed by atoms with Crippen LogP contribution in [0.1, 0.15) is 20.8 Å². The predicted octanol–water partition coefficient (Wildman–Crippen LogP) is 2.47. The molecule has 5 heteroatoms. The molecular formula is C12H17BrN2O2. The number of hydrogen-bond acceptors (Lipinski definition) is 3. The topological polar surface area (TPSA) is 75.4 Å². The average Bonchev–Trinajstić information content (AvgIpc) is 2.21. The Labute approximate surface area is 109 Å². The van der Waals surface area contributed by atoms with Crippen LogP contribution in [0.5, 0.6) is 5.75 Å². The summed E-state index contributed by atoms with van der Waals surface area (Å²) in [5.74, 6) is -0.298. The number of carbonyl (C=O) groups excluding carboxylic acids is 1. The quantitative estimate of drug-likeness (QED) is 0.735. The highest BCUT2D eigenvalue weighted by Gasteiger charge is 2.27. The molecule has 4 N–H and O–H groups in total. The lowest BCUT2D eigenvalue weighted by Crippen LogP contribution is -2.45. The molecule has 0 aliphatic rings. The van der Waals surface area contributed by atoms with E-state index in [-0.39, 0.29) is 17.1 Å². The zero-order valence-corrected chi connectivity index (χ0v) is 11.7. The van der Waals surface area contributed by atoms with Crippen molar-refractivity contribution >= 4 is 27.5 Å². The summed E-state index contributed by atoms with van der Waals surface area (Å²) in [7, 11) is 0. The lowest BCUT2D eigenvalue weighted by molar-refractivity contribution is -0.119. The van der Waals surface area contributed by atoms with Crippen LogP contribution in [0.25, 0.3) is 0 Å². The fraction of sp³-hybridized carbons (Fsp3) is 0.417. The smallest absolute Gasteiger partial charge is 0.241 e. The third kappa shape index (κ3) is 3.71. The second-order valence-electron chi connectivity index (χ2n) is 4.99. The molecule has 0 saturated carbocycles. The third-order valence-electron chi connectivity index (χ3n) is 2.43. The van der Waals surface area contributed by atoms with Gasteiger partial charge in [0, 0.05) is 4.47 Å². The molecule has 0 aliphatic heterocycles. The van der Waals surface area contributed by atoms with Crippen LogP contribution in [0.2, 0.25) is 0 Å². The Kier molecular flexibility index (Phi) is 4.16. The fourth-order valence-electron chi connectivity index (χ4n) is 1.21. The van der Waals surface area contributed by atoms with E-state index in [4.69, 9.17) is 5.73 Å². The molecule has 0 fully saturated rings. The minimum Gasteiger partial charge on any atom is -0.506 e. The molecule has 94 valence electrons. The Hall–Kier alpha value is -1.07. The van der Waals surface area contributed by atoms with Gasteiger partial charge in [0.15, 0.2) is 0 Å². The van der Waals surface area contributed by atoms with Gasteiger partial charge in [-0.15, -0.1) is 0 Å². The van der Waals surface area contributed by atoms with Crippen LogP contribution in [0.4, 0.5) is 5.69 Å². The number of amides is 1. The van der Waals surface area contributed by atoms with Crippen LogP contribution in [0, 0.1) is 5.41 Å². The summed E-state index contributed by atoms with van der Waals surface area (Å²) >= 11 is 3.27. The molecule has 0 bridgehead atoms. The molecule has 0 spiro atoms. The number of aromatic hydroxyl groups is 1. The zero-order valence-electron chi connectivity index (χ0n) is 10.1. The number of carbonyl (C=O) groups is 1. The number of phenolic OH excluding ortho intramolecular Hbond substituents is 1. The van der Waals surface area contributed by atoms with E-state index in [1.807, 2.05) is 20.8 Å². The van der Waals surface area contributed by atoms with Gasteiger partial charge in [-0.3, -0.25) is 4.79 Å². The maximum atomic E-state index is 11.9. The summed E-state index contributed by atoms with van der Waals surface area (Å²) in [4.78, 5) is 11.9. The highest BCUT2D eigenvalue weighted by molar-refractivity contribution is 9.10. The normalized spacial score (nSPS) is 13.2. The van der Waals surface area contributed by atoms with Gasteiger partial charge < -0.3 is 16.2 Å². The van der Waals surface area contributed by atoms with Crippen LogP contribution in [0.15, 0.2) is 22.7 Å². The number of benzene rings is 1. The summed E-state index contributed by atoms with van der Waals surface area (Å²) in [5.41, 5.74) is 5.85. The molecule has 0 heterocycles. The number of nitrogens with two attached hydrogens (primary N) is 1. The van der Waals surface area contributed by atoms with Gasteiger partial charge in [0.2, 0.25) is 5.91 Å². The molecule has 17 heavy (non-hydrogen) atoms. The molecule has 4 nitrogen and oxygen atoms in total. The summed E-state index contributed by atoms with van der Waals surface area (Å²) < 4.78 is 0.773. The lowest BCUT2D eigenvalue weighted by Gasteiger charge is -2.25. The van der Waals surface area contributed by atoms with E-state index in [1.165, 1.54) is 6.07 Å². The van der Waals surface area contributed by atoms with Gasteiger partial charge in [-0.25, -0.2) is 0 Å². The van der Waals surface area contributed by atoms with Crippen molar-refractivity contribution in [3.8, 4) is 5.75 Å². The molecule has 0 aromatic heterocycles. The van der Waals surface area contributed by atoms with Crippen molar-refractivity contribution in [3.05, 3.63) is 22.7 Å². The fourth-order valence-corrected chi connectivity index (χ4v) is 1.57. The van der Waals surface area contributed by atoms with Crippen LogP contribution in [-0.2, 0) is 4.79 Å². The average molecular weight is 301 g/mol. The van der Waals surface area contributed by atoms with Gasteiger partial charge in [0.05, 0.1) is 11.7 Å². The first-order valence-corrected chi connectivity index (χ1v) is 6.06. The van der Waals surface area contributed by atoms with Crippen LogP contribution in [-0.4, -0.2) is 17.1 Å². The van der Waals surface area contributed by atoms with E-state index in [1.54, 1.807) is 12.1 Å². The minimum absolute atomic E-state index is 0.0164. The number of hydrogen-bond donors (Lipinski definition) is 3.